The van der Waals surface area contributed by atoms with E-state index in [9.17, 15) is 4.79 Å². The summed E-state index contributed by atoms with van der Waals surface area (Å²) in [7, 11) is 0. The fraction of sp³-hybridized carbons (Fsp3) is 0.682. The van der Waals surface area contributed by atoms with Gasteiger partial charge in [0.2, 0.25) is 5.91 Å². The predicted octanol–water partition coefficient (Wildman–Crippen LogP) is 4.14. The van der Waals surface area contributed by atoms with E-state index < -0.39 is 0 Å². The van der Waals surface area contributed by atoms with Gasteiger partial charge >= 0.3 is 0 Å². The number of amides is 1. The van der Waals surface area contributed by atoms with Crippen molar-refractivity contribution in [3.8, 4) is 0 Å². The van der Waals surface area contributed by atoms with Crippen LogP contribution in [0.1, 0.15) is 51.1 Å². The lowest BCUT2D eigenvalue weighted by Gasteiger charge is -2.35. The highest BCUT2D eigenvalue weighted by atomic mass is 35.5. The van der Waals surface area contributed by atoms with Gasteiger partial charge in [-0.05, 0) is 70.3 Å². The smallest absolute Gasteiger partial charge is 0.237 e. The van der Waals surface area contributed by atoms with Crippen LogP contribution in [0.2, 0.25) is 10.0 Å². The lowest BCUT2D eigenvalue weighted by Crippen LogP contribution is -2.49. The summed E-state index contributed by atoms with van der Waals surface area (Å²) < 4.78 is 6.08. The van der Waals surface area contributed by atoms with E-state index in [-0.39, 0.29) is 18.0 Å². The first-order chi connectivity index (χ1) is 13.9. The van der Waals surface area contributed by atoms with Gasteiger partial charge in [0.15, 0.2) is 0 Å². The molecule has 0 saturated carbocycles. The molecule has 2 saturated heterocycles. The Bertz CT molecular complexity index is 674. The number of ether oxygens (including phenoxy) is 1. The zero-order valence-corrected chi connectivity index (χ0v) is 19.0. The summed E-state index contributed by atoms with van der Waals surface area (Å²) in [5.74, 6) is 0.0249. The molecule has 2 fully saturated rings. The Hall–Kier alpha value is -0.850. The number of hydrogen-bond donors (Lipinski definition) is 1. The molecule has 1 N–H and O–H groups in total. The Balaban J connectivity index is 1.39. The molecule has 3 rings (SSSR count). The fourth-order valence-electron chi connectivity index (χ4n) is 4.21. The SMILES string of the molecule is C[C@@H](NC(=O)[C@H](C)N1CCC(OCCN2CCCC2)CC1)c1ccc(Cl)cc1Cl. The molecule has 2 aliphatic heterocycles. The van der Waals surface area contributed by atoms with Crippen molar-refractivity contribution in [2.75, 3.05) is 39.3 Å². The molecule has 2 heterocycles. The van der Waals surface area contributed by atoms with Gasteiger partial charge in [-0.2, -0.15) is 0 Å². The molecule has 0 aliphatic carbocycles. The summed E-state index contributed by atoms with van der Waals surface area (Å²) in [6.07, 6.45) is 4.92. The van der Waals surface area contributed by atoms with Crippen molar-refractivity contribution < 1.29 is 9.53 Å². The highest BCUT2D eigenvalue weighted by molar-refractivity contribution is 6.35. The largest absolute Gasteiger partial charge is 0.377 e. The molecule has 29 heavy (non-hydrogen) atoms. The number of nitrogens with one attached hydrogen (secondary N) is 1. The quantitative estimate of drug-likeness (QED) is 0.658. The summed E-state index contributed by atoms with van der Waals surface area (Å²) in [5.41, 5.74) is 0.877. The first-order valence-corrected chi connectivity index (χ1v) is 11.5. The van der Waals surface area contributed by atoms with Crippen molar-refractivity contribution >= 4 is 29.1 Å². The Kier molecular flexibility index (Phi) is 8.63. The zero-order valence-electron chi connectivity index (χ0n) is 17.5. The van der Waals surface area contributed by atoms with Crippen LogP contribution in [0.4, 0.5) is 0 Å². The summed E-state index contributed by atoms with van der Waals surface area (Å²) in [5, 5.41) is 4.25. The molecule has 1 aromatic carbocycles. The molecular weight excluding hydrogens is 409 g/mol. The van der Waals surface area contributed by atoms with Crippen LogP contribution < -0.4 is 5.32 Å². The van der Waals surface area contributed by atoms with Crippen LogP contribution >= 0.6 is 23.2 Å². The Morgan fingerprint density at radius 3 is 2.52 bits per heavy atom. The van der Waals surface area contributed by atoms with Gasteiger partial charge in [0, 0.05) is 29.7 Å². The highest BCUT2D eigenvalue weighted by Crippen LogP contribution is 2.26. The average Bonchev–Trinajstić information content (AvgIpc) is 3.21. The van der Waals surface area contributed by atoms with Crippen LogP contribution in [0.25, 0.3) is 0 Å². The van der Waals surface area contributed by atoms with E-state index in [1.54, 1.807) is 12.1 Å². The second kappa shape index (κ2) is 11.0. The van der Waals surface area contributed by atoms with Gasteiger partial charge in [-0.1, -0.05) is 29.3 Å². The molecule has 0 unspecified atom stereocenters. The number of hydrogen-bond acceptors (Lipinski definition) is 4. The van der Waals surface area contributed by atoms with Gasteiger partial charge in [0.25, 0.3) is 0 Å². The first-order valence-electron chi connectivity index (χ1n) is 10.8. The number of benzene rings is 1. The zero-order chi connectivity index (χ0) is 20.8. The minimum Gasteiger partial charge on any atom is -0.377 e. The van der Waals surface area contributed by atoms with Crippen LogP contribution in [0.5, 0.6) is 0 Å². The van der Waals surface area contributed by atoms with E-state index in [0.29, 0.717) is 16.1 Å². The van der Waals surface area contributed by atoms with E-state index >= 15 is 0 Å². The lowest BCUT2D eigenvalue weighted by atomic mass is 10.0. The number of carbonyl (C=O) groups is 1. The normalized spacial score (nSPS) is 21.2. The average molecular weight is 442 g/mol. The molecule has 5 nitrogen and oxygen atoms in total. The topological polar surface area (TPSA) is 44.8 Å². The van der Waals surface area contributed by atoms with Crippen molar-refractivity contribution in [2.45, 2.75) is 57.7 Å². The third-order valence-electron chi connectivity index (χ3n) is 6.15. The van der Waals surface area contributed by atoms with Crippen LogP contribution in [0.3, 0.4) is 0 Å². The van der Waals surface area contributed by atoms with E-state index in [2.05, 4.69) is 15.1 Å². The maximum atomic E-state index is 12.7. The van der Waals surface area contributed by atoms with Gasteiger partial charge in [-0.25, -0.2) is 0 Å². The number of piperidine rings is 1. The van der Waals surface area contributed by atoms with Crippen molar-refractivity contribution in [2.24, 2.45) is 0 Å². The molecule has 0 aromatic heterocycles. The summed E-state index contributed by atoms with van der Waals surface area (Å²) >= 11 is 12.2. The van der Waals surface area contributed by atoms with E-state index in [1.165, 1.54) is 25.9 Å². The molecule has 0 bridgehead atoms. The van der Waals surface area contributed by atoms with Gasteiger partial charge in [0.05, 0.1) is 24.8 Å². The third-order valence-corrected chi connectivity index (χ3v) is 6.71. The first kappa shape index (κ1) is 22.8. The van der Waals surface area contributed by atoms with Gasteiger partial charge in [-0.3, -0.25) is 9.69 Å². The standard InChI is InChI=1S/C22H33Cl2N3O2/c1-16(20-6-5-18(23)15-21(20)24)25-22(28)17(2)27-11-7-19(8-12-27)29-14-13-26-9-3-4-10-26/h5-6,15-17,19H,3-4,7-14H2,1-2H3,(H,25,28)/t16-,17+/m1/s1. The van der Waals surface area contributed by atoms with Crippen molar-refractivity contribution in [3.63, 3.8) is 0 Å². The maximum Gasteiger partial charge on any atom is 0.237 e. The molecule has 1 aromatic rings. The maximum absolute atomic E-state index is 12.7. The highest BCUT2D eigenvalue weighted by Gasteiger charge is 2.28. The van der Waals surface area contributed by atoms with Crippen LogP contribution in [0.15, 0.2) is 18.2 Å². The van der Waals surface area contributed by atoms with Crippen molar-refractivity contribution in [1.29, 1.82) is 0 Å². The Morgan fingerprint density at radius 1 is 1.17 bits per heavy atom. The second-order valence-corrected chi connectivity index (χ2v) is 9.07. The van der Waals surface area contributed by atoms with Crippen molar-refractivity contribution in [1.82, 2.24) is 15.1 Å². The molecule has 2 aliphatic rings. The Labute approximate surface area is 184 Å². The van der Waals surface area contributed by atoms with Crippen LogP contribution in [-0.4, -0.2) is 67.2 Å². The summed E-state index contributed by atoms with van der Waals surface area (Å²) in [6.45, 7) is 9.99. The van der Waals surface area contributed by atoms with E-state index in [0.717, 1.165) is 44.6 Å². The number of nitrogens with zero attached hydrogens (tertiary/aromatic N) is 2. The molecule has 2 atom stereocenters. The summed E-state index contributed by atoms with van der Waals surface area (Å²) in [6, 6.07) is 5.03. The number of halogens is 2. The van der Waals surface area contributed by atoms with Crippen LogP contribution in [-0.2, 0) is 9.53 Å². The summed E-state index contributed by atoms with van der Waals surface area (Å²) in [4.78, 5) is 17.5. The molecule has 162 valence electrons. The van der Waals surface area contributed by atoms with E-state index in [4.69, 9.17) is 27.9 Å². The second-order valence-electron chi connectivity index (χ2n) is 8.23. The lowest BCUT2D eigenvalue weighted by molar-refractivity contribution is -0.127. The monoisotopic (exact) mass is 441 g/mol. The molecule has 0 radical (unpaired) electrons. The number of likely N-dealkylation sites (tertiary alicyclic amines) is 2. The molecule has 7 heteroatoms. The predicted molar refractivity (Wildman–Crippen MR) is 119 cm³/mol. The molecule has 1 amide bonds. The minimum absolute atomic E-state index is 0.0249. The third kappa shape index (κ3) is 6.56. The van der Waals surface area contributed by atoms with Gasteiger partial charge < -0.3 is 15.0 Å². The van der Waals surface area contributed by atoms with Gasteiger partial charge in [0.1, 0.15) is 0 Å². The molecular formula is C22H33Cl2N3O2. The minimum atomic E-state index is -0.172. The fourth-order valence-corrected chi connectivity index (χ4v) is 4.79. The van der Waals surface area contributed by atoms with Crippen LogP contribution in [0, 0.1) is 0 Å². The Morgan fingerprint density at radius 2 is 1.86 bits per heavy atom. The molecule has 0 spiro atoms. The van der Waals surface area contributed by atoms with Gasteiger partial charge in [-0.15, -0.1) is 0 Å². The van der Waals surface area contributed by atoms with E-state index in [1.807, 2.05) is 19.9 Å². The number of carbonyl (C=O) groups excluding carboxylic acids is 1. The van der Waals surface area contributed by atoms with Crippen molar-refractivity contribution in [3.05, 3.63) is 33.8 Å². The number of rotatable bonds is 8.